The van der Waals surface area contributed by atoms with E-state index in [1.165, 1.54) is 32.1 Å². The van der Waals surface area contributed by atoms with Gasteiger partial charge in [0.1, 0.15) is 5.82 Å². The minimum absolute atomic E-state index is 0.245. The number of anilines is 1. The fourth-order valence-corrected chi connectivity index (χ4v) is 3.08. The predicted molar refractivity (Wildman–Crippen MR) is 104 cm³/mol. The Kier molecular flexibility index (Phi) is 6.59. The van der Waals surface area contributed by atoms with Crippen LogP contribution in [0.4, 0.5) is 5.82 Å². The van der Waals surface area contributed by atoms with Crippen LogP contribution in [-0.2, 0) is 0 Å². The Balaban J connectivity index is 2.18. The molecule has 0 amide bonds. The Labute approximate surface area is 146 Å². The first-order valence-electron chi connectivity index (χ1n) is 8.87. The first-order chi connectivity index (χ1) is 11.5. The van der Waals surface area contributed by atoms with Crippen molar-refractivity contribution < 1.29 is 0 Å². The second-order valence-electron chi connectivity index (χ2n) is 6.78. The Bertz CT molecular complexity index is 610. The molecule has 0 unspecified atom stereocenters. The van der Waals surface area contributed by atoms with Crippen LogP contribution in [0.2, 0.25) is 0 Å². The zero-order valence-corrected chi connectivity index (χ0v) is 15.2. The van der Waals surface area contributed by atoms with Crippen LogP contribution < -0.4 is 10.6 Å². The molecule has 2 rings (SSSR count). The first kappa shape index (κ1) is 18.2. The summed E-state index contributed by atoms with van der Waals surface area (Å²) >= 11 is 0. The fraction of sp³-hybridized carbons (Fsp3) is 0.500. The average molecular weight is 326 g/mol. The summed E-state index contributed by atoms with van der Waals surface area (Å²) in [6, 6.07) is 4.26. The summed E-state index contributed by atoms with van der Waals surface area (Å²) in [6.45, 7) is 8.42. The molecular weight excluding hydrogens is 296 g/mol. The molecule has 0 bridgehead atoms. The highest BCUT2D eigenvalue weighted by atomic mass is 15.2. The van der Waals surface area contributed by atoms with Crippen molar-refractivity contribution in [1.82, 2.24) is 4.98 Å². The quantitative estimate of drug-likeness (QED) is 0.789. The van der Waals surface area contributed by atoms with E-state index in [1.807, 2.05) is 32.3 Å². The van der Waals surface area contributed by atoms with E-state index < -0.39 is 0 Å². The van der Waals surface area contributed by atoms with Gasteiger partial charge in [0, 0.05) is 43.0 Å². The fourth-order valence-electron chi connectivity index (χ4n) is 3.08. The van der Waals surface area contributed by atoms with Gasteiger partial charge in [-0.1, -0.05) is 25.8 Å². The lowest BCUT2D eigenvalue weighted by Gasteiger charge is -2.30. The van der Waals surface area contributed by atoms with Crippen LogP contribution in [0, 0.1) is 5.92 Å². The normalized spacial score (nSPS) is 16.8. The van der Waals surface area contributed by atoms with Crippen LogP contribution in [0.25, 0.3) is 5.57 Å². The third kappa shape index (κ3) is 4.70. The SMILES string of the molecule is C=C(C1CCCCC1)N(C)c1cc(/C(C=NC(C)C)=C/N)ccn1. The van der Waals surface area contributed by atoms with Crippen molar-refractivity contribution in [2.75, 3.05) is 11.9 Å². The Morgan fingerprint density at radius 1 is 1.38 bits per heavy atom. The van der Waals surface area contributed by atoms with Gasteiger partial charge in [0.2, 0.25) is 0 Å². The highest BCUT2D eigenvalue weighted by Gasteiger charge is 2.20. The van der Waals surface area contributed by atoms with E-state index in [1.54, 1.807) is 6.20 Å². The van der Waals surface area contributed by atoms with Crippen molar-refractivity contribution in [1.29, 1.82) is 0 Å². The van der Waals surface area contributed by atoms with Gasteiger partial charge in [-0.15, -0.1) is 0 Å². The second-order valence-corrected chi connectivity index (χ2v) is 6.78. The highest BCUT2D eigenvalue weighted by molar-refractivity contribution is 6.09. The number of aliphatic imine (C=N–C) groups is 1. The molecule has 4 heteroatoms. The molecule has 2 N–H and O–H groups in total. The van der Waals surface area contributed by atoms with Gasteiger partial charge in [-0.25, -0.2) is 4.98 Å². The summed E-state index contributed by atoms with van der Waals surface area (Å²) in [5, 5.41) is 0. The Morgan fingerprint density at radius 3 is 2.71 bits per heavy atom. The lowest BCUT2D eigenvalue weighted by molar-refractivity contribution is 0.398. The zero-order chi connectivity index (χ0) is 17.5. The summed E-state index contributed by atoms with van der Waals surface area (Å²) < 4.78 is 0. The highest BCUT2D eigenvalue weighted by Crippen LogP contribution is 2.32. The predicted octanol–water partition coefficient (Wildman–Crippen LogP) is 4.39. The van der Waals surface area contributed by atoms with Gasteiger partial charge in [0.05, 0.1) is 0 Å². The number of hydrogen-bond acceptors (Lipinski definition) is 4. The number of hydrogen-bond donors (Lipinski definition) is 1. The Hall–Kier alpha value is -2.10. The summed E-state index contributed by atoms with van der Waals surface area (Å²) in [6.07, 6.45) is 11.7. The molecule has 0 spiro atoms. The Morgan fingerprint density at radius 2 is 2.08 bits per heavy atom. The molecule has 24 heavy (non-hydrogen) atoms. The standard InChI is InChI=1S/C20H30N4/c1-15(2)23-14-19(13-21)18-10-11-22-20(12-18)24(4)16(3)17-8-6-5-7-9-17/h10-15,17H,3,5-9,21H2,1-2,4H3/b19-13+,23-14?. The van der Waals surface area contributed by atoms with Crippen LogP contribution in [-0.4, -0.2) is 24.3 Å². The summed E-state index contributed by atoms with van der Waals surface area (Å²) in [7, 11) is 2.05. The maximum atomic E-state index is 5.79. The maximum absolute atomic E-state index is 5.79. The molecule has 130 valence electrons. The first-order valence-corrected chi connectivity index (χ1v) is 8.87. The van der Waals surface area contributed by atoms with E-state index in [2.05, 4.69) is 34.6 Å². The molecule has 0 aliphatic heterocycles. The van der Waals surface area contributed by atoms with Gasteiger partial charge in [0.25, 0.3) is 0 Å². The molecule has 4 nitrogen and oxygen atoms in total. The van der Waals surface area contributed by atoms with Crippen molar-refractivity contribution in [3.8, 4) is 0 Å². The largest absolute Gasteiger partial charge is 0.404 e. The average Bonchev–Trinajstić information content (AvgIpc) is 2.62. The van der Waals surface area contributed by atoms with Gasteiger partial charge in [-0.3, -0.25) is 4.99 Å². The van der Waals surface area contributed by atoms with Gasteiger partial charge < -0.3 is 10.6 Å². The topological polar surface area (TPSA) is 54.5 Å². The molecule has 1 aliphatic rings. The van der Waals surface area contributed by atoms with Crippen molar-refractivity contribution in [2.24, 2.45) is 16.6 Å². The molecule has 1 fully saturated rings. The van der Waals surface area contributed by atoms with Crippen molar-refractivity contribution in [3.63, 3.8) is 0 Å². The molecule has 1 aromatic heterocycles. The summed E-state index contributed by atoms with van der Waals surface area (Å²) in [5.74, 6) is 1.47. The second kappa shape index (κ2) is 8.67. The van der Waals surface area contributed by atoms with E-state index in [4.69, 9.17) is 5.73 Å². The van der Waals surface area contributed by atoms with Crippen molar-refractivity contribution in [2.45, 2.75) is 52.0 Å². The van der Waals surface area contributed by atoms with E-state index in [0.717, 1.165) is 22.7 Å². The van der Waals surface area contributed by atoms with E-state index >= 15 is 0 Å². The van der Waals surface area contributed by atoms with Crippen LogP contribution in [0.5, 0.6) is 0 Å². The van der Waals surface area contributed by atoms with E-state index in [0.29, 0.717) is 5.92 Å². The number of pyridine rings is 1. The number of nitrogens with zero attached hydrogens (tertiary/aromatic N) is 3. The van der Waals surface area contributed by atoms with Crippen molar-refractivity contribution in [3.05, 3.63) is 42.4 Å². The number of rotatable bonds is 6. The maximum Gasteiger partial charge on any atom is 0.132 e. The molecule has 0 atom stereocenters. The number of aromatic nitrogens is 1. The lowest BCUT2D eigenvalue weighted by Crippen LogP contribution is -2.24. The summed E-state index contributed by atoms with van der Waals surface area (Å²) in [5.41, 5.74) is 8.88. The zero-order valence-electron chi connectivity index (χ0n) is 15.2. The van der Waals surface area contributed by atoms with Crippen LogP contribution >= 0.6 is 0 Å². The van der Waals surface area contributed by atoms with Gasteiger partial charge in [-0.2, -0.15) is 0 Å². The smallest absolute Gasteiger partial charge is 0.132 e. The van der Waals surface area contributed by atoms with Gasteiger partial charge >= 0.3 is 0 Å². The molecular formula is C20H30N4. The molecule has 0 aromatic carbocycles. The minimum atomic E-state index is 0.245. The van der Waals surface area contributed by atoms with Gasteiger partial charge in [0.15, 0.2) is 0 Å². The minimum Gasteiger partial charge on any atom is -0.404 e. The molecule has 1 heterocycles. The number of nitrogens with two attached hydrogens (primary N) is 1. The van der Waals surface area contributed by atoms with Gasteiger partial charge in [-0.05, 0) is 50.3 Å². The van der Waals surface area contributed by atoms with E-state index in [-0.39, 0.29) is 6.04 Å². The molecule has 1 aliphatic carbocycles. The van der Waals surface area contributed by atoms with Crippen molar-refractivity contribution >= 4 is 17.6 Å². The molecule has 0 saturated heterocycles. The molecule has 1 saturated carbocycles. The molecule has 1 aromatic rings. The van der Waals surface area contributed by atoms with Crippen LogP contribution in [0.3, 0.4) is 0 Å². The van der Waals surface area contributed by atoms with E-state index in [9.17, 15) is 0 Å². The molecule has 0 radical (unpaired) electrons. The third-order valence-electron chi connectivity index (χ3n) is 4.62. The van der Waals surface area contributed by atoms with Crippen LogP contribution in [0.1, 0.15) is 51.5 Å². The van der Waals surface area contributed by atoms with Crippen LogP contribution in [0.15, 0.2) is 41.8 Å². The summed E-state index contributed by atoms with van der Waals surface area (Å²) in [4.78, 5) is 11.1. The number of allylic oxidation sites excluding steroid dienone is 2. The monoisotopic (exact) mass is 326 g/mol. The lowest BCUT2D eigenvalue weighted by atomic mass is 9.87. The third-order valence-corrected chi connectivity index (χ3v) is 4.62.